The van der Waals surface area contributed by atoms with Crippen LogP contribution in [0.15, 0.2) is 42.5 Å². The van der Waals surface area contributed by atoms with Crippen molar-refractivity contribution in [3.8, 4) is 0 Å². The van der Waals surface area contributed by atoms with Gasteiger partial charge in [-0.1, -0.05) is 42.5 Å². The van der Waals surface area contributed by atoms with Gasteiger partial charge in [-0.15, -0.1) is 0 Å². The van der Waals surface area contributed by atoms with Crippen molar-refractivity contribution in [2.45, 2.75) is 32.6 Å². The van der Waals surface area contributed by atoms with Gasteiger partial charge in [0.1, 0.15) is 11.6 Å². The number of hydrogen-bond donors (Lipinski definition) is 0. The number of Topliss-reactive ketones (excluding diaryl/α,β-unsaturated/α-hetero) is 2. The topological polar surface area (TPSA) is 34.1 Å². The number of allylic oxidation sites excluding steroid dienone is 2. The number of benzene rings is 1. The first-order chi connectivity index (χ1) is 8.09. The lowest BCUT2D eigenvalue weighted by molar-refractivity contribution is -0.117. The number of rotatable bonds is 6. The van der Waals surface area contributed by atoms with Gasteiger partial charge in [-0.25, -0.2) is 0 Å². The van der Waals surface area contributed by atoms with Gasteiger partial charge in [0.2, 0.25) is 0 Å². The molecule has 0 bridgehead atoms. The lowest BCUT2D eigenvalue weighted by atomic mass is 9.93. The molecule has 1 unspecified atom stereocenters. The number of carbonyl (C=O) groups is 2. The molecule has 0 heterocycles. The fraction of sp³-hybridized carbons (Fsp3) is 0.333. The van der Waals surface area contributed by atoms with Crippen molar-refractivity contribution in [3.63, 3.8) is 0 Å². The molecule has 2 nitrogen and oxygen atoms in total. The van der Waals surface area contributed by atoms with Crippen molar-refractivity contribution in [1.29, 1.82) is 0 Å². The van der Waals surface area contributed by atoms with Crippen LogP contribution in [0.3, 0.4) is 0 Å². The predicted molar refractivity (Wildman–Crippen MR) is 68.9 cm³/mol. The van der Waals surface area contributed by atoms with Crippen LogP contribution in [0, 0.1) is 0 Å². The molecule has 2 heteroatoms. The normalized spacial score (nSPS) is 12.6. The second-order valence-electron chi connectivity index (χ2n) is 4.26. The molecule has 0 saturated carbocycles. The van der Waals surface area contributed by atoms with E-state index in [1.807, 2.05) is 42.5 Å². The second-order valence-corrected chi connectivity index (χ2v) is 4.26. The van der Waals surface area contributed by atoms with Crippen molar-refractivity contribution >= 4 is 11.6 Å². The molecule has 0 saturated heterocycles. The van der Waals surface area contributed by atoms with Crippen LogP contribution in [0.1, 0.15) is 38.2 Å². The van der Waals surface area contributed by atoms with Gasteiger partial charge in [-0.05, 0) is 19.4 Å². The molecular formula is C15H18O2. The maximum Gasteiger partial charge on any atom is 0.133 e. The van der Waals surface area contributed by atoms with E-state index in [0.717, 1.165) is 5.56 Å². The van der Waals surface area contributed by atoms with Gasteiger partial charge in [0.15, 0.2) is 0 Å². The molecule has 1 aromatic carbocycles. The first-order valence-corrected chi connectivity index (χ1v) is 5.80. The standard InChI is InChI=1S/C15H18O2/c1-12(16)7-6-10-15(11-13(2)17)14-8-4-3-5-9-14/h3-6,8-10,15H,7,11H2,1-2H3/b10-6+. The first-order valence-electron chi connectivity index (χ1n) is 5.80. The molecule has 17 heavy (non-hydrogen) atoms. The van der Waals surface area contributed by atoms with Gasteiger partial charge in [-0.3, -0.25) is 9.59 Å². The average Bonchev–Trinajstić information content (AvgIpc) is 2.28. The van der Waals surface area contributed by atoms with Crippen molar-refractivity contribution in [3.05, 3.63) is 48.0 Å². The van der Waals surface area contributed by atoms with E-state index >= 15 is 0 Å². The Hall–Kier alpha value is -1.70. The van der Waals surface area contributed by atoms with Gasteiger partial charge in [0.05, 0.1) is 0 Å². The molecule has 0 aliphatic carbocycles. The van der Waals surface area contributed by atoms with Crippen LogP contribution in [-0.4, -0.2) is 11.6 Å². The lowest BCUT2D eigenvalue weighted by Gasteiger charge is -2.11. The first kappa shape index (κ1) is 13.4. The summed E-state index contributed by atoms with van der Waals surface area (Å²) in [6.45, 7) is 3.15. The summed E-state index contributed by atoms with van der Waals surface area (Å²) in [6, 6.07) is 9.88. The van der Waals surface area contributed by atoms with E-state index in [1.54, 1.807) is 13.8 Å². The Morgan fingerprint density at radius 1 is 1.12 bits per heavy atom. The van der Waals surface area contributed by atoms with E-state index in [9.17, 15) is 9.59 Å². The predicted octanol–water partition coefficient (Wildman–Crippen LogP) is 3.28. The molecule has 1 atom stereocenters. The van der Waals surface area contributed by atoms with Crippen LogP contribution in [0.4, 0.5) is 0 Å². The van der Waals surface area contributed by atoms with E-state index in [1.165, 1.54) is 0 Å². The molecule has 0 spiro atoms. The molecule has 0 radical (unpaired) electrons. The molecule has 1 rings (SSSR count). The minimum atomic E-state index is 0.0769. The zero-order chi connectivity index (χ0) is 12.7. The van der Waals surface area contributed by atoms with E-state index < -0.39 is 0 Å². The summed E-state index contributed by atoms with van der Waals surface area (Å²) in [7, 11) is 0. The van der Waals surface area contributed by atoms with Gasteiger partial charge >= 0.3 is 0 Å². The molecule has 0 aliphatic rings. The summed E-state index contributed by atoms with van der Waals surface area (Å²) in [6.07, 6.45) is 4.72. The van der Waals surface area contributed by atoms with Crippen molar-refractivity contribution in [2.75, 3.05) is 0 Å². The molecule has 1 aromatic rings. The van der Waals surface area contributed by atoms with Crippen molar-refractivity contribution in [2.24, 2.45) is 0 Å². The highest BCUT2D eigenvalue weighted by Crippen LogP contribution is 2.21. The van der Waals surface area contributed by atoms with Crippen LogP contribution in [0.25, 0.3) is 0 Å². The highest BCUT2D eigenvalue weighted by Gasteiger charge is 2.09. The quantitative estimate of drug-likeness (QED) is 0.703. The Bertz CT molecular complexity index is 404. The summed E-state index contributed by atoms with van der Waals surface area (Å²) in [4.78, 5) is 22.1. The SMILES string of the molecule is CC(=O)C/C=C/C(CC(C)=O)c1ccccc1. The largest absolute Gasteiger partial charge is 0.300 e. The summed E-state index contributed by atoms with van der Waals surface area (Å²) in [5.74, 6) is 0.371. The highest BCUT2D eigenvalue weighted by molar-refractivity contribution is 5.78. The number of ketones is 2. The van der Waals surface area contributed by atoms with E-state index in [-0.39, 0.29) is 17.5 Å². The van der Waals surface area contributed by atoms with Gasteiger partial charge in [0, 0.05) is 18.8 Å². The maximum atomic E-state index is 11.2. The third kappa shape index (κ3) is 5.25. The number of hydrogen-bond acceptors (Lipinski definition) is 2. The van der Waals surface area contributed by atoms with Crippen molar-refractivity contribution in [1.82, 2.24) is 0 Å². The zero-order valence-corrected chi connectivity index (χ0v) is 10.3. The smallest absolute Gasteiger partial charge is 0.133 e. The summed E-state index contributed by atoms with van der Waals surface area (Å²) < 4.78 is 0. The fourth-order valence-electron chi connectivity index (χ4n) is 1.71. The molecule has 0 aliphatic heterocycles. The summed E-state index contributed by atoms with van der Waals surface area (Å²) in [5.41, 5.74) is 1.11. The average molecular weight is 230 g/mol. The Morgan fingerprint density at radius 3 is 2.29 bits per heavy atom. The third-order valence-electron chi connectivity index (χ3n) is 2.51. The summed E-state index contributed by atoms with van der Waals surface area (Å²) in [5, 5.41) is 0. The Morgan fingerprint density at radius 2 is 1.76 bits per heavy atom. The Balaban J connectivity index is 2.77. The molecule has 0 amide bonds. The Kier molecular flexibility index (Phi) is 5.34. The van der Waals surface area contributed by atoms with E-state index in [2.05, 4.69) is 0 Å². The second kappa shape index (κ2) is 6.79. The number of carbonyl (C=O) groups excluding carboxylic acids is 2. The van der Waals surface area contributed by atoms with Gasteiger partial charge in [0.25, 0.3) is 0 Å². The van der Waals surface area contributed by atoms with Crippen molar-refractivity contribution < 1.29 is 9.59 Å². The minimum absolute atomic E-state index is 0.0769. The molecule has 90 valence electrons. The van der Waals surface area contributed by atoms with Gasteiger partial charge in [-0.2, -0.15) is 0 Å². The van der Waals surface area contributed by atoms with Crippen LogP contribution in [0.2, 0.25) is 0 Å². The molecular weight excluding hydrogens is 212 g/mol. The molecule has 0 fully saturated rings. The zero-order valence-electron chi connectivity index (χ0n) is 10.3. The Labute approximate surface area is 102 Å². The van der Waals surface area contributed by atoms with E-state index in [0.29, 0.717) is 12.8 Å². The summed E-state index contributed by atoms with van der Waals surface area (Å²) >= 11 is 0. The third-order valence-corrected chi connectivity index (χ3v) is 2.51. The van der Waals surface area contributed by atoms with Crippen LogP contribution < -0.4 is 0 Å². The van der Waals surface area contributed by atoms with Crippen LogP contribution in [0.5, 0.6) is 0 Å². The highest BCUT2D eigenvalue weighted by atomic mass is 16.1. The molecule has 0 N–H and O–H groups in total. The van der Waals surface area contributed by atoms with Crippen LogP contribution in [-0.2, 0) is 9.59 Å². The minimum Gasteiger partial charge on any atom is -0.300 e. The monoisotopic (exact) mass is 230 g/mol. The van der Waals surface area contributed by atoms with Crippen LogP contribution >= 0.6 is 0 Å². The maximum absolute atomic E-state index is 11.2. The lowest BCUT2D eigenvalue weighted by Crippen LogP contribution is -2.01. The van der Waals surface area contributed by atoms with E-state index in [4.69, 9.17) is 0 Å². The van der Waals surface area contributed by atoms with Gasteiger partial charge < -0.3 is 0 Å². The fourth-order valence-corrected chi connectivity index (χ4v) is 1.71. The molecule has 0 aromatic heterocycles.